The summed E-state index contributed by atoms with van der Waals surface area (Å²) in [5.41, 5.74) is 0. The van der Waals surface area contributed by atoms with Gasteiger partial charge in [0.05, 0.1) is 0 Å². The van der Waals surface area contributed by atoms with Gasteiger partial charge in [-0.1, -0.05) is 19.0 Å². The molecule has 2 heterocycles. The second-order valence-electron chi connectivity index (χ2n) is 6.19. The molecule has 0 amide bonds. The van der Waals surface area contributed by atoms with E-state index in [2.05, 4.69) is 47.1 Å². The summed E-state index contributed by atoms with van der Waals surface area (Å²) >= 11 is 1.94. The average Bonchev–Trinajstić information content (AvgIpc) is 2.84. The zero-order valence-electron chi connectivity index (χ0n) is 13.2. The predicted octanol–water partition coefficient (Wildman–Crippen LogP) is 2.20. The molecule has 0 saturated carbocycles. The van der Waals surface area contributed by atoms with E-state index in [1.54, 1.807) is 0 Å². The van der Waals surface area contributed by atoms with Crippen LogP contribution >= 0.6 is 11.8 Å². The Hall–Kier alpha value is -0.590. The van der Waals surface area contributed by atoms with Gasteiger partial charge in [0.1, 0.15) is 6.04 Å². The molecule has 0 spiro atoms. The summed E-state index contributed by atoms with van der Waals surface area (Å²) in [6.45, 7) is 10.8. The van der Waals surface area contributed by atoms with Gasteiger partial charge in [0.2, 0.25) is 5.89 Å². The van der Waals surface area contributed by atoms with Crippen LogP contribution in [0.1, 0.15) is 38.0 Å². The molecule has 0 aromatic carbocycles. The Bertz CT molecular complexity index is 435. The minimum atomic E-state index is 0.224. The summed E-state index contributed by atoms with van der Waals surface area (Å²) in [4.78, 5) is 9.22. The largest absolute Gasteiger partial charge is 0.338 e. The molecular weight excluding hydrogens is 272 g/mol. The van der Waals surface area contributed by atoms with Crippen molar-refractivity contribution in [3.8, 4) is 0 Å². The number of thioether (sulfide) groups is 1. The van der Waals surface area contributed by atoms with Crippen molar-refractivity contribution in [3.63, 3.8) is 0 Å². The molecule has 1 aliphatic rings. The van der Waals surface area contributed by atoms with E-state index >= 15 is 0 Å². The fourth-order valence-corrected chi connectivity index (χ4v) is 2.67. The quantitative estimate of drug-likeness (QED) is 0.830. The van der Waals surface area contributed by atoms with Crippen LogP contribution in [-0.2, 0) is 0 Å². The van der Waals surface area contributed by atoms with Crippen LogP contribution in [0.15, 0.2) is 4.52 Å². The van der Waals surface area contributed by atoms with Crippen LogP contribution in [0.5, 0.6) is 0 Å². The highest BCUT2D eigenvalue weighted by Gasteiger charge is 2.30. The lowest BCUT2D eigenvalue weighted by Crippen LogP contribution is -2.47. The van der Waals surface area contributed by atoms with Gasteiger partial charge < -0.3 is 4.52 Å². The lowest BCUT2D eigenvalue weighted by molar-refractivity contribution is 0.0740. The maximum Gasteiger partial charge on any atom is 0.245 e. The number of rotatable bonds is 5. The topological polar surface area (TPSA) is 45.4 Å². The second-order valence-corrected chi connectivity index (χ2v) is 7.70. The molecule has 1 aromatic rings. The van der Waals surface area contributed by atoms with Gasteiger partial charge in [0.25, 0.3) is 0 Å². The third-order valence-electron chi connectivity index (χ3n) is 4.14. The summed E-state index contributed by atoms with van der Waals surface area (Å²) in [7, 11) is 2.13. The Morgan fingerprint density at radius 1 is 1.40 bits per heavy atom. The third kappa shape index (κ3) is 3.96. The molecule has 2 rings (SSSR count). The van der Waals surface area contributed by atoms with Crippen molar-refractivity contribution in [2.45, 2.75) is 38.0 Å². The first-order valence-corrected chi connectivity index (χ1v) is 8.42. The van der Waals surface area contributed by atoms with E-state index in [1.807, 2.05) is 18.7 Å². The SMILES string of the molecule is CSC(C)(C)CCN1CCN(C)C(c2nc(C)no2)C1. The molecule has 5 nitrogen and oxygen atoms in total. The molecule has 1 aliphatic heterocycles. The molecule has 1 unspecified atom stereocenters. The number of hydrogen-bond acceptors (Lipinski definition) is 6. The lowest BCUT2D eigenvalue weighted by atomic mass is 10.1. The van der Waals surface area contributed by atoms with Gasteiger partial charge in [-0.3, -0.25) is 9.80 Å². The molecule has 0 N–H and O–H groups in total. The van der Waals surface area contributed by atoms with Gasteiger partial charge in [-0.05, 0) is 33.2 Å². The maximum absolute atomic E-state index is 5.36. The molecule has 1 atom stereocenters. The molecular formula is C14H26N4OS. The summed E-state index contributed by atoms with van der Waals surface area (Å²) in [5, 5.41) is 3.92. The molecule has 1 aromatic heterocycles. The first-order chi connectivity index (χ1) is 9.41. The zero-order valence-corrected chi connectivity index (χ0v) is 14.0. The number of likely N-dealkylation sites (N-methyl/N-ethyl adjacent to an activating group) is 1. The average molecular weight is 298 g/mol. The summed E-state index contributed by atoms with van der Waals surface area (Å²) in [6, 6.07) is 0.224. The maximum atomic E-state index is 5.36. The molecule has 1 saturated heterocycles. The molecule has 0 bridgehead atoms. The molecule has 6 heteroatoms. The Kier molecular flexibility index (Phi) is 5.09. The summed E-state index contributed by atoms with van der Waals surface area (Å²) < 4.78 is 5.70. The number of hydrogen-bond donors (Lipinski definition) is 0. The van der Waals surface area contributed by atoms with Crippen molar-refractivity contribution < 1.29 is 4.52 Å². The fraction of sp³-hybridized carbons (Fsp3) is 0.857. The first-order valence-electron chi connectivity index (χ1n) is 7.19. The first kappa shape index (κ1) is 15.8. The van der Waals surface area contributed by atoms with Crippen LogP contribution in [0, 0.1) is 6.92 Å². The van der Waals surface area contributed by atoms with Crippen LogP contribution in [0.25, 0.3) is 0 Å². The van der Waals surface area contributed by atoms with Crippen LogP contribution in [0.4, 0.5) is 0 Å². The van der Waals surface area contributed by atoms with E-state index in [-0.39, 0.29) is 6.04 Å². The van der Waals surface area contributed by atoms with Crippen molar-refractivity contribution in [2.24, 2.45) is 0 Å². The van der Waals surface area contributed by atoms with Crippen molar-refractivity contribution in [3.05, 3.63) is 11.7 Å². The van der Waals surface area contributed by atoms with Gasteiger partial charge in [-0.15, -0.1) is 0 Å². The lowest BCUT2D eigenvalue weighted by Gasteiger charge is -2.38. The van der Waals surface area contributed by atoms with Crippen LogP contribution < -0.4 is 0 Å². The molecule has 1 fully saturated rings. The second kappa shape index (κ2) is 6.45. The minimum absolute atomic E-state index is 0.224. The minimum Gasteiger partial charge on any atom is -0.338 e. The number of aromatic nitrogens is 2. The number of nitrogens with zero attached hydrogens (tertiary/aromatic N) is 4. The molecule has 114 valence electrons. The van der Waals surface area contributed by atoms with E-state index in [1.165, 1.54) is 6.42 Å². The Morgan fingerprint density at radius 3 is 2.75 bits per heavy atom. The third-order valence-corrected chi connectivity index (χ3v) is 5.45. The van der Waals surface area contributed by atoms with Gasteiger partial charge in [0.15, 0.2) is 5.82 Å². The highest BCUT2D eigenvalue weighted by molar-refractivity contribution is 7.99. The van der Waals surface area contributed by atoms with Gasteiger partial charge in [0, 0.05) is 24.4 Å². The number of aryl methyl sites for hydroxylation is 1. The Labute approximate surface area is 126 Å². The highest BCUT2D eigenvalue weighted by atomic mass is 32.2. The zero-order chi connectivity index (χ0) is 14.8. The normalized spacial score (nSPS) is 22.4. The van der Waals surface area contributed by atoms with Gasteiger partial charge >= 0.3 is 0 Å². The Morgan fingerprint density at radius 2 is 2.15 bits per heavy atom. The van der Waals surface area contributed by atoms with Crippen molar-refractivity contribution in [1.29, 1.82) is 0 Å². The summed E-state index contributed by atoms with van der Waals surface area (Å²) in [5.74, 6) is 1.47. The van der Waals surface area contributed by atoms with Crippen LogP contribution in [0.2, 0.25) is 0 Å². The fourth-order valence-electron chi connectivity index (χ4n) is 2.38. The van der Waals surface area contributed by atoms with E-state index < -0.39 is 0 Å². The smallest absolute Gasteiger partial charge is 0.245 e. The van der Waals surface area contributed by atoms with Crippen molar-refractivity contribution >= 4 is 11.8 Å². The Balaban J connectivity index is 1.94. The van der Waals surface area contributed by atoms with E-state index in [0.29, 0.717) is 10.6 Å². The number of piperazine rings is 1. The standard InChI is InChI=1S/C14H26N4OS/c1-11-15-13(19-16-11)12-10-18(9-8-17(12)4)7-6-14(2,3)20-5/h12H,6-10H2,1-5H3. The molecule has 0 aliphatic carbocycles. The highest BCUT2D eigenvalue weighted by Crippen LogP contribution is 2.27. The molecule has 0 radical (unpaired) electrons. The van der Waals surface area contributed by atoms with Gasteiger partial charge in [-0.25, -0.2) is 0 Å². The van der Waals surface area contributed by atoms with Gasteiger partial charge in [-0.2, -0.15) is 16.7 Å². The van der Waals surface area contributed by atoms with Crippen LogP contribution in [0.3, 0.4) is 0 Å². The van der Waals surface area contributed by atoms with E-state index in [4.69, 9.17) is 4.52 Å². The predicted molar refractivity (Wildman–Crippen MR) is 83.1 cm³/mol. The van der Waals surface area contributed by atoms with E-state index in [9.17, 15) is 0 Å². The monoisotopic (exact) mass is 298 g/mol. The van der Waals surface area contributed by atoms with Crippen LogP contribution in [-0.4, -0.2) is 64.2 Å². The van der Waals surface area contributed by atoms with Crippen molar-refractivity contribution in [1.82, 2.24) is 19.9 Å². The van der Waals surface area contributed by atoms with Crippen molar-refractivity contribution in [2.75, 3.05) is 39.5 Å². The summed E-state index contributed by atoms with van der Waals surface area (Å²) in [6.07, 6.45) is 3.39. The van der Waals surface area contributed by atoms with E-state index in [0.717, 1.165) is 32.1 Å². The molecule has 20 heavy (non-hydrogen) atoms.